The minimum absolute atomic E-state index is 0.0842. The molecule has 1 aliphatic rings. The van der Waals surface area contributed by atoms with Crippen molar-refractivity contribution in [1.29, 1.82) is 5.26 Å². The summed E-state index contributed by atoms with van der Waals surface area (Å²) >= 11 is 0. The van der Waals surface area contributed by atoms with Gasteiger partial charge in [0.25, 0.3) is 5.89 Å². The lowest BCUT2D eigenvalue weighted by atomic mass is 10.1. The summed E-state index contributed by atoms with van der Waals surface area (Å²) in [6, 6.07) is 17.5. The smallest absolute Gasteiger partial charge is 0.257 e. The minimum atomic E-state index is -0.0842. The van der Waals surface area contributed by atoms with Gasteiger partial charge in [-0.2, -0.15) is 10.2 Å². The van der Waals surface area contributed by atoms with E-state index in [0.717, 1.165) is 12.0 Å². The van der Waals surface area contributed by atoms with E-state index in [1.54, 1.807) is 18.2 Å². The highest BCUT2D eigenvalue weighted by Gasteiger charge is 2.33. The molecule has 0 radical (unpaired) electrons. The average Bonchev–Trinajstić information content (AvgIpc) is 3.36. The number of amides is 1. The van der Waals surface area contributed by atoms with Crippen molar-refractivity contribution >= 4 is 5.91 Å². The molecule has 0 saturated carbocycles. The van der Waals surface area contributed by atoms with Crippen LogP contribution in [0, 0.1) is 11.3 Å². The number of aryl methyl sites for hydroxylation is 1. The quantitative estimate of drug-likeness (QED) is 0.682. The highest BCUT2D eigenvalue weighted by Crippen LogP contribution is 2.29. The lowest BCUT2D eigenvalue weighted by Gasteiger charge is -2.16. The fraction of sp³-hybridized carbons (Fsp3) is 0.273. The second-order valence-corrected chi connectivity index (χ2v) is 7.00. The van der Waals surface area contributed by atoms with Gasteiger partial charge in [0.15, 0.2) is 5.82 Å². The second-order valence-electron chi connectivity index (χ2n) is 7.00. The number of nitriles is 1. The van der Waals surface area contributed by atoms with Gasteiger partial charge in [-0.25, -0.2) is 0 Å². The molecule has 1 aromatic heterocycles. The zero-order valence-electron chi connectivity index (χ0n) is 15.6. The lowest BCUT2D eigenvalue weighted by molar-refractivity contribution is -0.128. The van der Waals surface area contributed by atoms with Crippen molar-refractivity contribution in [3.05, 3.63) is 71.0 Å². The Labute approximate surface area is 163 Å². The first-order valence-electron chi connectivity index (χ1n) is 9.36. The molecule has 1 fully saturated rings. The van der Waals surface area contributed by atoms with Crippen molar-refractivity contribution in [3.63, 3.8) is 0 Å². The Kier molecular flexibility index (Phi) is 4.90. The zero-order valence-corrected chi connectivity index (χ0v) is 15.6. The van der Waals surface area contributed by atoms with Gasteiger partial charge in [0.05, 0.1) is 11.6 Å². The first kappa shape index (κ1) is 17.9. The Morgan fingerprint density at radius 2 is 2.00 bits per heavy atom. The topological polar surface area (TPSA) is 83.0 Å². The number of rotatable bonds is 5. The van der Waals surface area contributed by atoms with Crippen molar-refractivity contribution in [3.8, 4) is 17.5 Å². The molecule has 1 unspecified atom stereocenters. The van der Waals surface area contributed by atoms with Crippen LogP contribution in [0.4, 0.5) is 0 Å². The van der Waals surface area contributed by atoms with E-state index in [1.807, 2.05) is 11.0 Å². The molecular weight excluding hydrogens is 352 g/mol. The third-order valence-electron chi connectivity index (χ3n) is 5.06. The standard InChI is InChI=1S/C22H20N4O2/c1-2-15-6-8-16(9-7-15)13-26-14-19(11-20(26)27)21-24-22(28-25-21)18-5-3-4-17(10-18)12-23/h3-10,19H,2,11,13-14H2,1H3. The van der Waals surface area contributed by atoms with Crippen molar-refractivity contribution in [1.82, 2.24) is 15.0 Å². The van der Waals surface area contributed by atoms with Crippen LogP contribution in [0.3, 0.4) is 0 Å². The number of likely N-dealkylation sites (tertiary alicyclic amines) is 1. The van der Waals surface area contributed by atoms with E-state index >= 15 is 0 Å². The Balaban J connectivity index is 1.46. The Hall–Kier alpha value is -3.46. The average molecular weight is 372 g/mol. The fourth-order valence-corrected chi connectivity index (χ4v) is 3.44. The van der Waals surface area contributed by atoms with Crippen LogP contribution in [0.25, 0.3) is 11.5 Å². The van der Waals surface area contributed by atoms with Crippen LogP contribution < -0.4 is 0 Å². The Bertz CT molecular complexity index is 1030. The summed E-state index contributed by atoms with van der Waals surface area (Å²) in [5, 5.41) is 13.1. The van der Waals surface area contributed by atoms with Gasteiger partial charge < -0.3 is 9.42 Å². The van der Waals surface area contributed by atoms with E-state index in [0.29, 0.717) is 42.4 Å². The highest BCUT2D eigenvalue weighted by molar-refractivity contribution is 5.79. The molecule has 2 heterocycles. The van der Waals surface area contributed by atoms with E-state index in [1.165, 1.54) is 5.56 Å². The fourth-order valence-electron chi connectivity index (χ4n) is 3.44. The number of nitrogens with zero attached hydrogens (tertiary/aromatic N) is 4. The van der Waals surface area contributed by atoms with E-state index in [4.69, 9.17) is 9.78 Å². The molecule has 2 aromatic carbocycles. The normalized spacial score (nSPS) is 16.4. The van der Waals surface area contributed by atoms with Crippen LogP contribution in [0.1, 0.15) is 41.8 Å². The summed E-state index contributed by atoms with van der Waals surface area (Å²) in [5.41, 5.74) is 3.64. The first-order chi connectivity index (χ1) is 13.7. The van der Waals surface area contributed by atoms with Gasteiger partial charge in [-0.1, -0.05) is 42.4 Å². The Morgan fingerprint density at radius 1 is 1.21 bits per heavy atom. The monoisotopic (exact) mass is 372 g/mol. The molecule has 1 aliphatic heterocycles. The van der Waals surface area contributed by atoms with Gasteiger partial charge in [0, 0.05) is 31.0 Å². The summed E-state index contributed by atoms with van der Waals surface area (Å²) in [6.45, 7) is 3.29. The maximum absolute atomic E-state index is 12.4. The van der Waals surface area contributed by atoms with Gasteiger partial charge in [0.2, 0.25) is 5.91 Å². The first-order valence-corrected chi connectivity index (χ1v) is 9.36. The highest BCUT2D eigenvalue weighted by atomic mass is 16.5. The maximum Gasteiger partial charge on any atom is 0.257 e. The van der Waals surface area contributed by atoms with Crippen molar-refractivity contribution < 1.29 is 9.32 Å². The number of hydrogen-bond acceptors (Lipinski definition) is 5. The number of benzene rings is 2. The molecule has 1 atom stereocenters. The molecule has 0 bridgehead atoms. The second kappa shape index (κ2) is 7.65. The maximum atomic E-state index is 12.4. The van der Waals surface area contributed by atoms with E-state index in [9.17, 15) is 4.79 Å². The minimum Gasteiger partial charge on any atom is -0.338 e. The molecule has 0 N–H and O–H groups in total. The van der Waals surface area contributed by atoms with Crippen LogP contribution in [-0.2, 0) is 17.8 Å². The van der Waals surface area contributed by atoms with E-state index in [2.05, 4.69) is 47.4 Å². The van der Waals surface area contributed by atoms with Crippen LogP contribution in [0.5, 0.6) is 0 Å². The summed E-state index contributed by atoms with van der Waals surface area (Å²) in [5.74, 6) is 0.921. The van der Waals surface area contributed by atoms with Gasteiger partial charge >= 0.3 is 0 Å². The molecule has 1 saturated heterocycles. The molecule has 1 amide bonds. The SMILES string of the molecule is CCc1ccc(CN2CC(c3noc(-c4cccc(C#N)c4)n3)CC2=O)cc1. The number of carbonyl (C=O) groups is 1. The van der Waals surface area contributed by atoms with Crippen LogP contribution in [-0.4, -0.2) is 27.5 Å². The molecule has 140 valence electrons. The predicted octanol–water partition coefficient (Wildman–Crippen LogP) is 3.69. The van der Waals surface area contributed by atoms with Crippen molar-refractivity contribution in [2.45, 2.75) is 32.2 Å². The van der Waals surface area contributed by atoms with Crippen LogP contribution in [0.2, 0.25) is 0 Å². The molecule has 28 heavy (non-hydrogen) atoms. The van der Waals surface area contributed by atoms with Crippen LogP contribution in [0.15, 0.2) is 53.1 Å². The number of carbonyl (C=O) groups excluding carboxylic acids is 1. The third kappa shape index (κ3) is 3.65. The van der Waals surface area contributed by atoms with Gasteiger partial charge in [-0.3, -0.25) is 4.79 Å². The number of aromatic nitrogens is 2. The zero-order chi connectivity index (χ0) is 19.5. The molecule has 0 aliphatic carbocycles. The molecule has 0 spiro atoms. The molecule has 6 heteroatoms. The predicted molar refractivity (Wildman–Crippen MR) is 103 cm³/mol. The summed E-state index contributed by atoms with van der Waals surface area (Å²) in [6.07, 6.45) is 1.38. The summed E-state index contributed by atoms with van der Waals surface area (Å²) < 4.78 is 5.38. The number of hydrogen-bond donors (Lipinski definition) is 0. The summed E-state index contributed by atoms with van der Waals surface area (Å²) in [7, 11) is 0. The Morgan fingerprint density at radius 3 is 2.75 bits per heavy atom. The van der Waals surface area contributed by atoms with Gasteiger partial charge in [-0.15, -0.1) is 0 Å². The molecule has 4 rings (SSSR count). The third-order valence-corrected chi connectivity index (χ3v) is 5.06. The largest absolute Gasteiger partial charge is 0.338 e. The van der Waals surface area contributed by atoms with E-state index in [-0.39, 0.29) is 11.8 Å². The van der Waals surface area contributed by atoms with Crippen molar-refractivity contribution in [2.24, 2.45) is 0 Å². The molecular formula is C22H20N4O2. The molecule has 3 aromatic rings. The van der Waals surface area contributed by atoms with Crippen LogP contribution >= 0.6 is 0 Å². The van der Waals surface area contributed by atoms with Crippen molar-refractivity contribution in [2.75, 3.05) is 6.54 Å². The summed E-state index contributed by atoms with van der Waals surface area (Å²) in [4.78, 5) is 18.8. The van der Waals surface area contributed by atoms with E-state index < -0.39 is 0 Å². The van der Waals surface area contributed by atoms with Gasteiger partial charge in [0.1, 0.15) is 0 Å². The lowest BCUT2D eigenvalue weighted by Crippen LogP contribution is -2.24. The molecule has 6 nitrogen and oxygen atoms in total. The van der Waals surface area contributed by atoms with Gasteiger partial charge in [-0.05, 0) is 35.7 Å².